The molecule has 0 radical (unpaired) electrons. The summed E-state index contributed by atoms with van der Waals surface area (Å²) in [5.74, 6) is -1.98. The third-order valence-corrected chi connectivity index (χ3v) is 1.50. The topological polar surface area (TPSA) is 141 Å². The number of aliphatic hydroxyl groups is 5. The first-order valence-electron chi connectivity index (χ1n) is 3.45. The number of hydrogen-bond donors (Lipinski definition) is 5. The molecule has 4 atom stereocenters. The zero-order valence-corrected chi connectivity index (χ0v) is 8.30. The third kappa shape index (κ3) is 4.35. The summed E-state index contributed by atoms with van der Waals surface area (Å²) in [6, 6.07) is 0. The first-order valence-corrected chi connectivity index (χ1v) is 3.45. The minimum Gasteiger partial charge on any atom is -0.547 e. The molecule has 0 unspecified atom stereocenters. The molecule has 0 aromatic rings. The minimum atomic E-state index is -2.31. The van der Waals surface area contributed by atoms with Crippen molar-refractivity contribution in [2.45, 2.75) is 24.4 Å². The smallest absolute Gasteiger partial charge is 0.547 e. The second-order valence-corrected chi connectivity index (χ2v) is 2.49. The molecule has 7 nitrogen and oxygen atoms in total. The molecule has 0 saturated carbocycles. The van der Waals surface area contributed by atoms with Crippen molar-refractivity contribution >= 4 is 23.3 Å². The van der Waals surface area contributed by atoms with Gasteiger partial charge in [-0.15, -0.1) is 0 Å². The summed E-state index contributed by atoms with van der Waals surface area (Å²) in [6.45, 7) is -0.863. The third-order valence-electron chi connectivity index (χ3n) is 1.50. The molecule has 0 aliphatic rings. The Kier molecular flexibility index (Phi) is 8.28. The van der Waals surface area contributed by atoms with E-state index in [9.17, 15) is 9.90 Å². The summed E-state index contributed by atoms with van der Waals surface area (Å²) in [4.78, 5) is 9.98. The Hall–Kier alpha value is -0.198. The molecule has 0 aliphatic heterocycles. The summed E-state index contributed by atoms with van der Waals surface area (Å²) >= 11 is 0. The Balaban J connectivity index is 0. The van der Waals surface area contributed by atoms with E-state index in [4.69, 9.17) is 25.5 Å². The van der Waals surface area contributed by atoms with Crippen LogP contribution in [0.4, 0.5) is 0 Å². The van der Waals surface area contributed by atoms with E-state index in [0.29, 0.717) is 0 Å². The summed E-state index contributed by atoms with van der Waals surface area (Å²) < 4.78 is 0. The van der Waals surface area contributed by atoms with Crippen molar-refractivity contribution in [3.05, 3.63) is 0 Å². The molecule has 0 aromatic heterocycles. The fourth-order valence-corrected chi connectivity index (χ4v) is 0.662. The van der Waals surface area contributed by atoms with Crippen LogP contribution in [0.15, 0.2) is 0 Å². The number of rotatable bonds is 5. The molecule has 0 bridgehead atoms. The maximum atomic E-state index is 9.98. The molecular formula is C6H11AlO7+2. The average Bonchev–Trinajstić information content (AvgIpc) is 2.12. The summed E-state index contributed by atoms with van der Waals surface area (Å²) in [7, 11) is 0. The number of carbonyl (C=O) groups is 1. The van der Waals surface area contributed by atoms with Crippen molar-refractivity contribution in [3.8, 4) is 0 Å². The van der Waals surface area contributed by atoms with Gasteiger partial charge in [0.15, 0.2) is 0 Å². The molecule has 0 heterocycles. The Labute approximate surface area is 90.4 Å². The molecular weight excluding hydrogens is 211 g/mol. The van der Waals surface area contributed by atoms with Crippen LogP contribution in [0.3, 0.4) is 0 Å². The van der Waals surface area contributed by atoms with Crippen molar-refractivity contribution < 1.29 is 35.4 Å². The van der Waals surface area contributed by atoms with Crippen LogP contribution in [0.25, 0.3) is 0 Å². The predicted molar refractivity (Wildman–Crippen MR) is 41.9 cm³/mol. The van der Waals surface area contributed by atoms with Crippen LogP contribution in [0.2, 0.25) is 0 Å². The molecule has 0 spiro atoms. The van der Waals surface area contributed by atoms with Crippen molar-refractivity contribution in [1.29, 1.82) is 0 Å². The van der Waals surface area contributed by atoms with Gasteiger partial charge in [-0.3, -0.25) is 0 Å². The van der Waals surface area contributed by atoms with Gasteiger partial charge in [0.2, 0.25) is 0 Å². The van der Waals surface area contributed by atoms with E-state index in [1.54, 1.807) is 0 Å². The molecule has 0 fully saturated rings. The monoisotopic (exact) mass is 222 g/mol. The van der Waals surface area contributed by atoms with Gasteiger partial charge in [0.1, 0.15) is 24.4 Å². The van der Waals surface area contributed by atoms with Gasteiger partial charge in [-0.05, 0) is 0 Å². The summed E-state index contributed by atoms with van der Waals surface area (Å²) in [5.41, 5.74) is 0. The van der Waals surface area contributed by atoms with Gasteiger partial charge in [0.05, 0.1) is 12.6 Å². The maximum Gasteiger partial charge on any atom is 3.00 e. The van der Waals surface area contributed by atoms with Gasteiger partial charge in [-0.1, -0.05) is 0 Å². The number of carboxylic acid groups (broad SMARTS) is 1. The van der Waals surface area contributed by atoms with Gasteiger partial charge < -0.3 is 35.4 Å². The molecule has 8 heteroatoms. The number of aliphatic carboxylic acids is 1. The molecule has 0 amide bonds. The molecule has 0 saturated heterocycles. The van der Waals surface area contributed by atoms with E-state index >= 15 is 0 Å². The van der Waals surface area contributed by atoms with E-state index in [1.807, 2.05) is 0 Å². The Bertz CT molecular complexity index is 176. The van der Waals surface area contributed by atoms with E-state index < -0.39 is 37.0 Å². The number of carboxylic acids is 1. The van der Waals surface area contributed by atoms with Crippen LogP contribution in [-0.2, 0) is 4.79 Å². The van der Waals surface area contributed by atoms with Crippen LogP contribution in [0.1, 0.15) is 0 Å². The van der Waals surface area contributed by atoms with Gasteiger partial charge in [-0.2, -0.15) is 0 Å². The van der Waals surface area contributed by atoms with Crippen molar-refractivity contribution in [2.24, 2.45) is 0 Å². The van der Waals surface area contributed by atoms with Crippen LogP contribution in [-0.4, -0.2) is 79.9 Å². The minimum absolute atomic E-state index is 0. The number of aliphatic hydroxyl groups excluding tert-OH is 5. The van der Waals surface area contributed by atoms with Crippen molar-refractivity contribution in [3.63, 3.8) is 0 Å². The molecule has 0 aliphatic carbocycles. The number of carbonyl (C=O) groups excluding carboxylic acids is 1. The van der Waals surface area contributed by atoms with E-state index in [0.717, 1.165) is 0 Å². The van der Waals surface area contributed by atoms with Gasteiger partial charge >= 0.3 is 17.4 Å². The largest absolute Gasteiger partial charge is 3.00 e. The summed E-state index contributed by atoms with van der Waals surface area (Å²) in [5, 5.41) is 53.4. The summed E-state index contributed by atoms with van der Waals surface area (Å²) in [6.07, 6.45) is -8.08. The Morgan fingerprint density at radius 1 is 1.14 bits per heavy atom. The quantitative estimate of drug-likeness (QED) is 0.293. The fraction of sp³-hybridized carbons (Fsp3) is 0.833. The first kappa shape index (κ1) is 16.2. The predicted octanol–water partition coefficient (Wildman–Crippen LogP) is -5.21. The van der Waals surface area contributed by atoms with E-state index in [2.05, 4.69) is 0 Å². The van der Waals surface area contributed by atoms with Crippen LogP contribution >= 0.6 is 0 Å². The molecule has 5 N–H and O–H groups in total. The standard InChI is InChI=1S/C6H12O7.Al/c7-1-2(8)3(9)4(10)5(11)6(12)13;/h2-5,7-11H,1H2,(H,12,13);/q;+3/p-1/t2-,3-,4+,5-;/m1./s1. The van der Waals surface area contributed by atoms with E-state index in [-0.39, 0.29) is 17.4 Å². The van der Waals surface area contributed by atoms with E-state index in [1.165, 1.54) is 0 Å². The molecule has 0 aromatic carbocycles. The first-order chi connectivity index (χ1) is 5.91. The molecule has 78 valence electrons. The molecule has 14 heavy (non-hydrogen) atoms. The SMILES string of the molecule is O=C([O-])[C@H](O)[C@@H](O)[C@H](O)[C@H](O)CO.[Al+3]. The van der Waals surface area contributed by atoms with Gasteiger partial charge in [-0.25, -0.2) is 0 Å². The molecule has 0 rings (SSSR count). The van der Waals surface area contributed by atoms with Gasteiger partial charge in [0, 0.05) is 0 Å². The maximum absolute atomic E-state index is 9.98. The van der Waals surface area contributed by atoms with Crippen LogP contribution in [0, 0.1) is 0 Å². The van der Waals surface area contributed by atoms with Gasteiger partial charge in [0.25, 0.3) is 0 Å². The normalized spacial score (nSPS) is 18.9. The Morgan fingerprint density at radius 2 is 1.57 bits per heavy atom. The number of hydrogen-bond acceptors (Lipinski definition) is 7. The second-order valence-electron chi connectivity index (χ2n) is 2.49. The zero-order chi connectivity index (χ0) is 10.6. The average molecular weight is 222 g/mol. The van der Waals surface area contributed by atoms with Crippen molar-refractivity contribution in [1.82, 2.24) is 0 Å². The zero-order valence-electron chi connectivity index (χ0n) is 7.15. The second kappa shape index (κ2) is 7.14. The Morgan fingerprint density at radius 3 is 1.86 bits per heavy atom. The van der Waals surface area contributed by atoms with Crippen LogP contribution in [0.5, 0.6) is 0 Å². The van der Waals surface area contributed by atoms with Crippen molar-refractivity contribution in [2.75, 3.05) is 6.61 Å². The van der Waals surface area contributed by atoms with Crippen LogP contribution < -0.4 is 5.11 Å². The fourth-order valence-electron chi connectivity index (χ4n) is 0.662.